The second kappa shape index (κ2) is 6.20. The van der Waals surface area contributed by atoms with Crippen molar-refractivity contribution < 1.29 is 9.59 Å². The summed E-state index contributed by atoms with van der Waals surface area (Å²) < 4.78 is 1.76. The highest BCUT2D eigenvalue weighted by molar-refractivity contribution is 5.93. The van der Waals surface area contributed by atoms with Crippen LogP contribution in [0.3, 0.4) is 0 Å². The Kier molecular flexibility index (Phi) is 4.10. The van der Waals surface area contributed by atoms with Crippen LogP contribution in [0.2, 0.25) is 0 Å². The summed E-state index contributed by atoms with van der Waals surface area (Å²) in [7, 11) is 0. The quantitative estimate of drug-likeness (QED) is 0.895. The highest BCUT2D eigenvalue weighted by Gasteiger charge is 2.24. The summed E-state index contributed by atoms with van der Waals surface area (Å²) in [5.74, 6) is 0.428. The van der Waals surface area contributed by atoms with E-state index in [1.807, 2.05) is 26.0 Å². The summed E-state index contributed by atoms with van der Waals surface area (Å²) in [5.41, 5.74) is 2.57. The van der Waals surface area contributed by atoms with E-state index in [2.05, 4.69) is 20.7 Å². The van der Waals surface area contributed by atoms with Gasteiger partial charge < -0.3 is 10.6 Å². The Morgan fingerprint density at radius 2 is 2.22 bits per heavy atom. The summed E-state index contributed by atoms with van der Waals surface area (Å²) in [6.45, 7) is 4.29. The minimum Gasteiger partial charge on any atom is -0.355 e. The molecule has 7 heteroatoms. The predicted molar refractivity (Wildman–Crippen MR) is 85.2 cm³/mol. The number of amides is 2. The molecule has 0 aliphatic carbocycles. The smallest absolute Gasteiger partial charge is 0.229 e. The van der Waals surface area contributed by atoms with Crippen molar-refractivity contribution in [3.05, 3.63) is 35.8 Å². The first-order chi connectivity index (χ1) is 11.0. The summed E-state index contributed by atoms with van der Waals surface area (Å²) >= 11 is 0. The molecule has 1 saturated heterocycles. The van der Waals surface area contributed by atoms with Gasteiger partial charge in [-0.3, -0.25) is 9.59 Å². The van der Waals surface area contributed by atoms with E-state index in [4.69, 9.17) is 0 Å². The van der Waals surface area contributed by atoms with Crippen LogP contribution in [0.5, 0.6) is 0 Å². The lowest BCUT2D eigenvalue weighted by Gasteiger charge is -2.21. The van der Waals surface area contributed by atoms with Crippen molar-refractivity contribution >= 4 is 17.5 Å². The van der Waals surface area contributed by atoms with E-state index < -0.39 is 0 Å². The first-order valence-corrected chi connectivity index (χ1v) is 7.60. The van der Waals surface area contributed by atoms with Gasteiger partial charge in [0.1, 0.15) is 0 Å². The van der Waals surface area contributed by atoms with Gasteiger partial charge >= 0.3 is 0 Å². The summed E-state index contributed by atoms with van der Waals surface area (Å²) in [6.07, 6.45) is 2.59. The van der Waals surface area contributed by atoms with E-state index in [0.29, 0.717) is 30.9 Å². The number of nitrogens with one attached hydrogen (secondary N) is 2. The fourth-order valence-corrected chi connectivity index (χ4v) is 2.65. The second-order valence-electron chi connectivity index (χ2n) is 5.77. The van der Waals surface area contributed by atoms with Gasteiger partial charge in [-0.15, -0.1) is 0 Å². The molecule has 2 amide bonds. The van der Waals surface area contributed by atoms with Crippen LogP contribution in [0.25, 0.3) is 5.82 Å². The molecule has 2 N–H and O–H groups in total. The minimum atomic E-state index is -0.191. The number of aryl methyl sites for hydroxylation is 2. The molecule has 2 aromatic heterocycles. The van der Waals surface area contributed by atoms with E-state index in [0.717, 1.165) is 11.4 Å². The molecule has 1 aliphatic heterocycles. The van der Waals surface area contributed by atoms with Gasteiger partial charge in [-0.25, -0.2) is 9.67 Å². The largest absolute Gasteiger partial charge is 0.355 e. The zero-order chi connectivity index (χ0) is 16.4. The molecule has 0 radical (unpaired) electrons. The lowest BCUT2D eigenvalue weighted by molar-refractivity contribution is -0.126. The second-order valence-corrected chi connectivity index (χ2v) is 5.77. The van der Waals surface area contributed by atoms with Crippen molar-refractivity contribution in [2.24, 2.45) is 5.92 Å². The Bertz CT molecular complexity index is 725. The predicted octanol–water partition coefficient (Wildman–Crippen LogP) is 1.35. The number of carbonyl (C=O) groups excluding carboxylic acids is 2. The third kappa shape index (κ3) is 3.39. The molecule has 3 rings (SSSR count). The molecule has 0 spiro atoms. The average molecular weight is 313 g/mol. The highest BCUT2D eigenvalue weighted by Crippen LogP contribution is 2.16. The normalized spacial score (nSPS) is 17.7. The SMILES string of the molecule is Cc1cc(C)n(-c2ccc(NC(=O)C3CCC(=O)NC3)cn2)n1. The molecule has 0 saturated carbocycles. The minimum absolute atomic E-state index is 0.00459. The van der Waals surface area contributed by atoms with Crippen molar-refractivity contribution in [1.82, 2.24) is 20.1 Å². The molecule has 1 unspecified atom stereocenters. The number of pyridine rings is 1. The van der Waals surface area contributed by atoms with Crippen molar-refractivity contribution in [2.75, 3.05) is 11.9 Å². The Morgan fingerprint density at radius 1 is 1.39 bits per heavy atom. The van der Waals surface area contributed by atoms with Gasteiger partial charge in [0, 0.05) is 18.7 Å². The zero-order valence-electron chi connectivity index (χ0n) is 13.2. The molecule has 3 heterocycles. The fourth-order valence-electron chi connectivity index (χ4n) is 2.65. The number of rotatable bonds is 3. The van der Waals surface area contributed by atoms with Crippen molar-refractivity contribution in [3.8, 4) is 5.82 Å². The average Bonchev–Trinajstić information content (AvgIpc) is 2.87. The Balaban J connectivity index is 1.67. The van der Waals surface area contributed by atoms with Crippen LogP contribution in [0, 0.1) is 19.8 Å². The van der Waals surface area contributed by atoms with E-state index >= 15 is 0 Å². The molecule has 120 valence electrons. The molecular formula is C16H19N5O2. The van der Waals surface area contributed by atoms with Gasteiger partial charge in [0.2, 0.25) is 11.8 Å². The van der Waals surface area contributed by atoms with Crippen molar-refractivity contribution in [2.45, 2.75) is 26.7 Å². The number of piperidine rings is 1. The van der Waals surface area contributed by atoms with Gasteiger partial charge in [-0.1, -0.05) is 0 Å². The lowest BCUT2D eigenvalue weighted by Crippen LogP contribution is -2.40. The van der Waals surface area contributed by atoms with Crippen LogP contribution in [-0.2, 0) is 9.59 Å². The molecular weight excluding hydrogens is 294 g/mol. The molecule has 23 heavy (non-hydrogen) atoms. The number of anilines is 1. The van der Waals surface area contributed by atoms with Gasteiger partial charge in [0.15, 0.2) is 5.82 Å². The van der Waals surface area contributed by atoms with Crippen LogP contribution in [-0.4, -0.2) is 33.1 Å². The van der Waals surface area contributed by atoms with Gasteiger partial charge in [0.05, 0.1) is 23.5 Å². The van der Waals surface area contributed by atoms with Crippen LogP contribution in [0.4, 0.5) is 5.69 Å². The van der Waals surface area contributed by atoms with Crippen LogP contribution < -0.4 is 10.6 Å². The number of nitrogens with zero attached hydrogens (tertiary/aromatic N) is 3. The third-order valence-electron chi connectivity index (χ3n) is 3.88. The molecule has 1 fully saturated rings. The number of carbonyl (C=O) groups is 2. The van der Waals surface area contributed by atoms with Crippen molar-refractivity contribution in [1.29, 1.82) is 0 Å². The molecule has 1 aliphatic rings. The zero-order valence-corrected chi connectivity index (χ0v) is 13.2. The monoisotopic (exact) mass is 313 g/mol. The molecule has 7 nitrogen and oxygen atoms in total. The Morgan fingerprint density at radius 3 is 2.78 bits per heavy atom. The van der Waals surface area contributed by atoms with E-state index in [9.17, 15) is 9.59 Å². The lowest BCUT2D eigenvalue weighted by atomic mass is 9.98. The molecule has 1 atom stereocenters. The maximum atomic E-state index is 12.2. The van der Waals surface area contributed by atoms with Crippen LogP contribution in [0.1, 0.15) is 24.2 Å². The number of aromatic nitrogens is 3. The molecule has 0 bridgehead atoms. The first-order valence-electron chi connectivity index (χ1n) is 7.60. The van der Waals surface area contributed by atoms with Crippen molar-refractivity contribution in [3.63, 3.8) is 0 Å². The van der Waals surface area contributed by atoms with Crippen LogP contribution in [0.15, 0.2) is 24.4 Å². The molecule has 0 aromatic carbocycles. The number of hydrogen-bond donors (Lipinski definition) is 2. The standard InChI is InChI=1S/C16H19N5O2/c1-10-7-11(2)21(20-10)14-5-4-13(9-17-14)19-16(23)12-3-6-15(22)18-8-12/h4-5,7,9,12H,3,6,8H2,1-2H3,(H,18,22)(H,19,23). The van der Waals surface area contributed by atoms with E-state index in [1.165, 1.54) is 0 Å². The maximum absolute atomic E-state index is 12.2. The topological polar surface area (TPSA) is 88.9 Å². The summed E-state index contributed by atoms with van der Waals surface area (Å²) in [4.78, 5) is 27.7. The first kappa shape index (κ1) is 15.2. The Hall–Kier alpha value is -2.70. The van der Waals surface area contributed by atoms with Crippen LogP contribution >= 0.6 is 0 Å². The maximum Gasteiger partial charge on any atom is 0.229 e. The van der Waals surface area contributed by atoms with E-state index in [1.54, 1.807) is 16.9 Å². The molecule has 2 aromatic rings. The van der Waals surface area contributed by atoms with Gasteiger partial charge in [-0.2, -0.15) is 5.10 Å². The highest BCUT2D eigenvalue weighted by atomic mass is 16.2. The van der Waals surface area contributed by atoms with E-state index in [-0.39, 0.29) is 17.7 Å². The number of hydrogen-bond acceptors (Lipinski definition) is 4. The third-order valence-corrected chi connectivity index (χ3v) is 3.88. The van der Waals surface area contributed by atoms with Gasteiger partial charge in [-0.05, 0) is 38.5 Å². The Labute approximate surface area is 134 Å². The summed E-state index contributed by atoms with van der Waals surface area (Å²) in [6, 6.07) is 5.60. The summed E-state index contributed by atoms with van der Waals surface area (Å²) in [5, 5.41) is 9.93. The fraction of sp³-hybridized carbons (Fsp3) is 0.375. The van der Waals surface area contributed by atoms with Gasteiger partial charge in [0.25, 0.3) is 0 Å².